The van der Waals surface area contributed by atoms with Gasteiger partial charge in [0.15, 0.2) is 5.76 Å². The van der Waals surface area contributed by atoms with Gasteiger partial charge in [-0.1, -0.05) is 60.7 Å². The number of ketones is 1. The van der Waals surface area contributed by atoms with E-state index in [4.69, 9.17) is 18.6 Å². The lowest BCUT2D eigenvalue weighted by atomic mass is 10.1. The van der Waals surface area contributed by atoms with E-state index in [0.29, 0.717) is 46.0 Å². The molecule has 1 aromatic heterocycles. The molecule has 1 aliphatic heterocycles. The molecule has 6 heteroatoms. The number of allylic oxidation sites excluding steroid dienone is 1. The minimum atomic E-state index is -0.578. The molecular weight excluding hydrogens is 480 g/mol. The molecule has 0 spiro atoms. The Bertz CT molecular complexity index is 1700. The van der Waals surface area contributed by atoms with Gasteiger partial charge in [-0.25, -0.2) is 4.79 Å². The number of aryl methyl sites for hydroxylation is 1. The van der Waals surface area contributed by atoms with Gasteiger partial charge >= 0.3 is 5.97 Å². The van der Waals surface area contributed by atoms with Crippen LogP contribution in [0.1, 0.15) is 37.6 Å². The van der Waals surface area contributed by atoms with Crippen molar-refractivity contribution in [2.24, 2.45) is 0 Å². The number of hydrogen-bond donors (Lipinski definition) is 0. The quantitative estimate of drug-likeness (QED) is 0.139. The van der Waals surface area contributed by atoms with E-state index < -0.39 is 5.97 Å². The van der Waals surface area contributed by atoms with Crippen LogP contribution in [0, 0.1) is 6.92 Å². The number of esters is 1. The van der Waals surface area contributed by atoms with Gasteiger partial charge in [-0.15, -0.1) is 0 Å². The van der Waals surface area contributed by atoms with Gasteiger partial charge in [-0.05, 0) is 54.5 Å². The Balaban J connectivity index is 1.22. The average molecular weight is 503 g/mol. The predicted molar refractivity (Wildman–Crippen MR) is 143 cm³/mol. The van der Waals surface area contributed by atoms with Crippen molar-refractivity contribution in [3.05, 3.63) is 131 Å². The molecule has 5 aromatic rings. The maximum Gasteiger partial charge on any atom is 0.347 e. The Kier molecular flexibility index (Phi) is 5.98. The summed E-state index contributed by atoms with van der Waals surface area (Å²) >= 11 is 0. The van der Waals surface area contributed by atoms with Crippen molar-refractivity contribution in [3.8, 4) is 17.2 Å². The third-order valence-corrected chi connectivity index (χ3v) is 6.24. The second kappa shape index (κ2) is 9.75. The van der Waals surface area contributed by atoms with Crippen LogP contribution < -0.4 is 14.2 Å². The first kappa shape index (κ1) is 23.3. The average Bonchev–Trinajstić information content (AvgIpc) is 3.43. The van der Waals surface area contributed by atoms with Crippen molar-refractivity contribution in [3.63, 3.8) is 0 Å². The topological polar surface area (TPSA) is 75.0 Å². The fourth-order valence-electron chi connectivity index (χ4n) is 4.37. The first-order valence-corrected chi connectivity index (χ1v) is 12.1. The molecule has 6 rings (SSSR count). The molecule has 0 fully saturated rings. The van der Waals surface area contributed by atoms with Crippen LogP contribution in [0.3, 0.4) is 0 Å². The van der Waals surface area contributed by atoms with Crippen molar-refractivity contribution >= 4 is 28.8 Å². The summed E-state index contributed by atoms with van der Waals surface area (Å²) in [6, 6.07) is 29.3. The molecule has 0 aliphatic carbocycles. The molecule has 186 valence electrons. The van der Waals surface area contributed by atoms with E-state index in [1.54, 1.807) is 49.4 Å². The molecular formula is C32H22O6. The molecule has 0 saturated carbocycles. The van der Waals surface area contributed by atoms with Crippen LogP contribution in [0.2, 0.25) is 0 Å². The Morgan fingerprint density at radius 3 is 2.39 bits per heavy atom. The van der Waals surface area contributed by atoms with E-state index in [-0.39, 0.29) is 17.3 Å². The lowest BCUT2D eigenvalue weighted by Gasteiger charge is -2.07. The number of ether oxygens (including phenoxy) is 3. The van der Waals surface area contributed by atoms with Gasteiger partial charge in [0.1, 0.15) is 40.8 Å². The van der Waals surface area contributed by atoms with Crippen molar-refractivity contribution < 1.29 is 28.2 Å². The molecule has 0 N–H and O–H groups in total. The van der Waals surface area contributed by atoms with Crippen molar-refractivity contribution in [1.29, 1.82) is 0 Å². The lowest BCUT2D eigenvalue weighted by Crippen LogP contribution is -2.09. The normalized spacial score (nSPS) is 13.4. The summed E-state index contributed by atoms with van der Waals surface area (Å²) in [6.45, 7) is 2.11. The fourth-order valence-corrected chi connectivity index (χ4v) is 4.37. The summed E-state index contributed by atoms with van der Waals surface area (Å²) in [7, 11) is 0. The number of rotatable bonds is 6. The molecule has 2 heterocycles. The summed E-state index contributed by atoms with van der Waals surface area (Å²) in [5.41, 5.74) is 3.17. The highest BCUT2D eigenvalue weighted by molar-refractivity contribution is 6.14. The number of carbonyl (C=O) groups is 2. The summed E-state index contributed by atoms with van der Waals surface area (Å²) in [6.07, 6.45) is 1.69. The first-order valence-electron chi connectivity index (χ1n) is 12.1. The molecule has 0 unspecified atom stereocenters. The summed E-state index contributed by atoms with van der Waals surface area (Å²) in [4.78, 5) is 26.0. The molecule has 0 bridgehead atoms. The van der Waals surface area contributed by atoms with Crippen LogP contribution >= 0.6 is 0 Å². The molecule has 0 saturated heterocycles. The predicted octanol–water partition coefficient (Wildman–Crippen LogP) is 7.16. The van der Waals surface area contributed by atoms with Gasteiger partial charge in [-0.3, -0.25) is 4.79 Å². The van der Waals surface area contributed by atoms with E-state index >= 15 is 0 Å². The van der Waals surface area contributed by atoms with E-state index in [0.717, 1.165) is 11.1 Å². The monoisotopic (exact) mass is 502 g/mol. The zero-order valence-electron chi connectivity index (χ0n) is 20.5. The van der Waals surface area contributed by atoms with E-state index in [2.05, 4.69) is 0 Å². The van der Waals surface area contributed by atoms with Crippen LogP contribution in [-0.4, -0.2) is 11.8 Å². The second-order valence-corrected chi connectivity index (χ2v) is 8.86. The van der Waals surface area contributed by atoms with Gasteiger partial charge < -0.3 is 18.6 Å². The van der Waals surface area contributed by atoms with E-state index in [9.17, 15) is 9.59 Å². The number of carbonyl (C=O) groups excluding carboxylic acids is 2. The number of furan rings is 1. The molecule has 0 amide bonds. The highest BCUT2D eigenvalue weighted by Gasteiger charge is 2.28. The van der Waals surface area contributed by atoms with Gasteiger partial charge in [0.25, 0.3) is 0 Å². The largest absolute Gasteiger partial charge is 0.489 e. The van der Waals surface area contributed by atoms with Crippen LogP contribution in [0.15, 0.2) is 107 Å². The van der Waals surface area contributed by atoms with Crippen molar-refractivity contribution in [2.75, 3.05) is 0 Å². The molecule has 0 atom stereocenters. The molecule has 1 aliphatic rings. The Morgan fingerprint density at radius 2 is 1.61 bits per heavy atom. The smallest absolute Gasteiger partial charge is 0.347 e. The number of hydrogen-bond acceptors (Lipinski definition) is 6. The number of benzene rings is 4. The standard InChI is InChI=1S/C32H22O6/c1-20-30(26-17-23(13-15-27(26)36-20)35-19-22-10-6-3-7-11-22)32(34)37-24-12-14-25-28(18-24)38-29(31(25)33)16-21-8-4-2-5-9-21/h2-18H,19H2,1H3. The third-order valence-electron chi connectivity index (χ3n) is 6.24. The number of fused-ring (bicyclic) bond motifs is 2. The highest BCUT2D eigenvalue weighted by atomic mass is 16.5. The Hall–Kier alpha value is -5.10. The van der Waals surface area contributed by atoms with Gasteiger partial charge in [-0.2, -0.15) is 0 Å². The van der Waals surface area contributed by atoms with Crippen LogP contribution in [0.4, 0.5) is 0 Å². The Labute approximate surface area is 218 Å². The van der Waals surface area contributed by atoms with Crippen molar-refractivity contribution in [2.45, 2.75) is 13.5 Å². The van der Waals surface area contributed by atoms with E-state index in [1.807, 2.05) is 60.7 Å². The molecule has 4 aromatic carbocycles. The molecule has 38 heavy (non-hydrogen) atoms. The Morgan fingerprint density at radius 1 is 0.868 bits per heavy atom. The maximum absolute atomic E-state index is 13.2. The molecule has 6 nitrogen and oxygen atoms in total. The minimum absolute atomic E-state index is 0.217. The fraction of sp³-hybridized carbons (Fsp3) is 0.0625. The maximum atomic E-state index is 13.2. The van der Waals surface area contributed by atoms with Crippen LogP contribution in [-0.2, 0) is 6.61 Å². The zero-order valence-corrected chi connectivity index (χ0v) is 20.5. The molecule has 0 radical (unpaired) electrons. The summed E-state index contributed by atoms with van der Waals surface area (Å²) < 4.78 is 23.2. The van der Waals surface area contributed by atoms with Gasteiger partial charge in [0.05, 0.1) is 5.56 Å². The van der Waals surface area contributed by atoms with Crippen LogP contribution in [0.5, 0.6) is 17.2 Å². The SMILES string of the molecule is Cc1oc2ccc(OCc3ccccc3)cc2c1C(=O)Oc1ccc2c(c1)OC(=Cc1ccccc1)C2=O. The second-order valence-electron chi connectivity index (χ2n) is 8.86. The first-order chi connectivity index (χ1) is 18.5. The van der Waals surface area contributed by atoms with Gasteiger partial charge in [0, 0.05) is 11.5 Å². The highest BCUT2D eigenvalue weighted by Crippen LogP contribution is 2.36. The lowest BCUT2D eigenvalue weighted by molar-refractivity contribution is 0.0734. The van der Waals surface area contributed by atoms with E-state index in [1.165, 1.54) is 0 Å². The van der Waals surface area contributed by atoms with Crippen molar-refractivity contribution in [1.82, 2.24) is 0 Å². The summed E-state index contributed by atoms with van der Waals surface area (Å²) in [5.74, 6) is 1.06. The number of Topliss-reactive ketones (excluding diaryl/α,β-unsaturated/α-hetero) is 1. The minimum Gasteiger partial charge on any atom is -0.489 e. The van der Waals surface area contributed by atoms with Gasteiger partial charge in [0.2, 0.25) is 5.78 Å². The third kappa shape index (κ3) is 4.55. The van der Waals surface area contributed by atoms with Crippen LogP contribution in [0.25, 0.3) is 17.0 Å². The zero-order chi connectivity index (χ0) is 26.1. The summed E-state index contributed by atoms with van der Waals surface area (Å²) in [5, 5.41) is 0.596.